The third-order valence-corrected chi connectivity index (χ3v) is 4.44. The molecule has 0 atom stereocenters. The summed E-state index contributed by atoms with van der Waals surface area (Å²) >= 11 is 0. The van der Waals surface area contributed by atoms with E-state index in [9.17, 15) is 21.6 Å². The SMILES string of the molecule is NS(=O)(=O)c1c(C2CCNCC2)cccc1C(F)(F)F. The number of sulfonamides is 1. The van der Waals surface area contributed by atoms with E-state index in [0.717, 1.165) is 6.07 Å². The van der Waals surface area contributed by atoms with Crippen LogP contribution in [0.15, 0.2) is 23.1 Å². The maximum Gasteiger partial charge on any atom is 0.417 e. The van der Waals surface area contributed by atoms with Gasteiger partial charge in [0.15, 0.2) is 0 Å². The van der Waals surface area contributed by atoms with Gasteiger partial charge in [0.2, 0.25) is 10.0 Å². The van der Waals surface area contributed by atoms with Crippen molar-refractivity contribution in [3.63, 3.8) is 0 Å². The summed E-state index contributed by atoms with van der Waals surface area (Å²) in [5, 5.41) is 8.10. The van der Waals surface area contributed by atoms with E-state index in [1.165, 1.54) is 12.1 Å². The Hall–Kier alpha value is -1.12. The molecule has 0 aliphatic carbocycles. The van der Waals surface area contributed by atoms with E-state index in [1.807, 2.05) is 0 Å². The molecule has 0 spiro atoms. The van der Waals surface area contributed by atoms with E-state index < -0.39 is 26.7 Å². The van der Waals surface area contributed by atoms with Crippen LogP contribution in [0.25, 0.3) is 0 Å². The number of alkyl halides is 3. The number of hydrogen-bond donors (Lipinski definition) is 2. The summed E-state index contributed by atoms with van der Waals surface area (Å²) in [5.41, 5.74) is -1.01. The highest BCUT2D eigenvalue weighted by Gasteiger charge is 2.38. The standard InChI is InChI=1S/C12H15F3N2O2S/c13-12(14,15)10-3-1-2-9(11(10)20(16,18)19)8-4-6-17-7-5-8/h1-3,8,17H,4-7H2,(H2,16,18,19). The van der Waals surface area contributed by atoms with Gasteiger partial charge in [0, 0.05) is 0 Å². The molecule has 20 heavy (non-hydrogen) atoms. The summed E-state index contributed by atoms with van der Waals surface area (Å²) in [5.74, 6) is -0.230. The zero-order chi connectivity index (χ0) is 15.0. The van der Waals surface area contributed by atoms with Gasteiger partial charge in [-0.2, -0.15) is 13.2 Å². The lowest BCUT2D eigenvalue weighted by Crippen LogP contribution is -2.29. The average Bonchev–Trinajstić information content (AvgIpc) is 2.37. The zero-order valence-corrected chi connectivity index (χ0v) is 11.4. The third kappa shape index (κ3) is 3.13. The maximum atomic E-state index is 13.0. The molecule has 2 rings (SSSR count). The van der Waals surface area contributed by atoms with Crippen LogP contribution in [0.3, 0.4) is 0 Å². The van der Waals surface area contributed by atoms with Crippen molar-refractivity contribution in [3.05, 3.63) is 29.3 Å². The molecule has 1 saturated heterocycles. The molecule has 8 heteroatoms. The Morgan fingerprint density at radius 3 is 2.30 bits per heavy atom. The summed E-state index contributed by atoms with van der Waals surface area (Å²) in [7, 11) is -4.44. The summed E-state index contributed by atoms with van der Waals surface area (Å²) in [4.78, 5) is -0.778. The van der Waals surface area contributed by atoms with Crippen molar-refractivity contribution in [2.24, 2.45) is 5.14 Å². The maximum absolute atomic E-state index is 13.0. The minimum absolute atomic E-state index is 0.170. The van der Waals surface area contributed by atoms with Crippen LogP contribution in [0.2, 0.25) is 0 Å². The molecule has 1 aromatic rings. The molecule has 0 radical (unpaired) electrons. The molecule has 4 nitrogen and oxygen atoms in total. The van der Waals surface area contributed by atoms with Crippen molar-refractivity contribution in [2.75, 3.05) is 13.1 Å². The highest BCUT2D eigenvalue weighted by atomic mass is 32.2. The molecule has 112 valence electrons. The predicted octanol–water partition coefficient (Wildman–Crippen LogP) is 1.82. The highest BCUT2D eigenvalue weighted by Crippen LogP contribution is 2.39. The first-order valence-corrected chi connectivity index (χ1v) is 7.69. The van der Waals surface area contributed by atoms with Crippen LogP contribution in [-0.2, 0) is 16.2 Å². The second-order valence-electron chi connectivity index (χ2n) is 4.79. The smallest absolute Gasteiger partial charge is 0.317 e. The topological polar surface area (TPSA) is 72.2 Å². The second-order valence-corrected chi connectivity index (χ2v) is 6.29. The molecule has 0 aromatic heterocycles. The summed E-state index contributed by atoms with van der Waals surface area (Å²) in [6, 6.07) is 3.41. The lowest BCUT2D eigenvalue weighted by atomic mass is 9.89. The fourth-order valence-corrected chi connectivity index (χ4v) is 3.60. The van der Waals surface area contributed by atoms with E-state index in [2.05, 4.69) is 5.32 Å². The molecule has 1 aliphatic heterocycles. The van der Waals surface area contributed by atoms with Gasteiger partial charge in [-0.1, -0.05) is 12.1 Å². The molecule has 0 amide bonds. The van der Waals surface area contributed by atoms with Gasteiger partial charge in [-0.25, -0.2) is 13.6 Å². The number of hydrogen-bond acceptors (Lipinski definition) is 3. The van der Waals surface area contributed by atoms with Crippen LogP contribution in [0.1, 0.15) is 29.9 Å². The number of nitrogens with two attached hydrogens (primary N) is 1. The van der Waals surface area contributed by atoms with Gasteiger partial charge in [0.05, 0.1) is 10.5 Å². The van der Waals surface area contributed by atoms with E-state index >= 15 is 0 Å². The van der Waals surface area contributed by atoms with Gasteiger partial charge < -0.3 is 5.32 Å². The second kappa shape index (κ2) is 5.34. The molecule has 0 unspecified atom stereocenters. The molecular formula is C12H15F3N2O2S. The Balaban J connectivity index is 2.62. The van der Waals surface area contributed by atoms with E-state index in [-0.39, 0.29) is 11.5 Å². The predicted molar refractivity (Wildman–Crippen MR) is 67.7 cm³/mol. The number of benzene rings is 1. The fraction of sp³-hybridized carbons (Fsp3) is 0.500. The Morgan fingerprint density at radius 2 is 1.80 bits per heavy atom. The first-order chi connectivity index (χ1) is 9.21. The van der Waals surface area contributed by atoms with Crippen molar-refractivity contribution >= 4 is 10.0 Å². The van der Waals surface area contributed by atoms with Crippen LogP contribution in [0.5, 0.6) is 0 Å². The summed E-state index contributed by atoms with van der Waals surface area (Å²) < 4.78 is 62.2. The first kappa shape index (κ1) is 15.3. The van der Waals surface area contributed by atoms with Crippen molar-refractivity contribution in [2.45, 2.75) is 29.8 Å². The van der Waals surface area contributed by atoms with E-state index in [4.69, 9.17) is 5.14 Å². The number of piperidine rings is 1. The van der Waals surface area contributed by atoms with Crippen molar-refractivity contribution in [1.29, 1.82) is 0 Å². The lowest BCUT2D eigenvalue weighted by Gasteiger charge is -2.26. The minimum Gasteiger partial charge on any atom is -0.317 e. The molecule has 1 aromatic carbocycles. The normalized spacial score (nSPS) is 18.2. The van der Waals surface area contributed by atoms with Gasteiger partial charge in [0.25, 0.3) is 0 Å². The number of halogens is 3. The molecule has 0 bridgehead atoms. The number of nitrogens with one attached hydrogen (secondary N) is 1. The molecule has 1 fully saturated rings. The first-order valence-electron chi connectivity index (χ1n) is 6.15. The van der Waals surface area contributed by atoms with Crippen LogP contribution in [-0.4, -0.2) is 21.5 Å². The largest absolute Gasteiger partial charge is 0.417 e. The molecule has 3 N–H and O–H groups in total. The Bertz CT molecular complexity index is 593. The fourth-order valence-electron chi connectivity index (χ4n) is 2.55. The van der Waals surface area contributed by atoms with Crippen LogP contribution >= 0.6 is 0 Å². The van der Waals surface area contributed by atoms with Crippen molar-refractivity contribution < 1.29 is 21.6 Å². The van der Waals surface area contributed by atoms with Crippen LogP contribution in [0, 0.1) is 0 Å². The summed E-state index contributed by atoms with van der Waals surface area (Å²) in [6.45, 7) is 1.29. The van der Waals surface area contributed by atoms with E-state index in [0.29, 0.717) is 25.9 Å². The number of rotatable bonds is 2. The van der Waals surface area contributed by atoms with Crippen LogP contribution in [0.4, 0.5) is 13.2 Å². The molecule has 1 heterocycles. The Labute approximate surface area is 115 Å². The Morgan fingerprint density at radius 1 is 1.20 bits per heavy atom. The molecule has 0 saturated carbocycles. The Kier molecular flexibility index (Phi) is 4.08. The highest BCUT2D eigenvalue weighted by molar-refractivity contribution is 7.89. The molecular weight excluding hydrogens is 293 g/mol. The number of primary sulfonamides is 1. The van der Waals surface area contributed by atoms with Gasteiger partial charge >= 0.3 is 6.18 Å². The lowest BCUT2D eigenvalue weighted by molar-refractivity contribution is -0.140. The minimum atomic E-state index is -4.75. The van der Waals surface area contributed by atoms with Gasteiger partial charge in [-0.3, -0.25) is 0 Å². The third-order valence-electron chi connectivity index (χ3n) is 3.41. The van der Waals surface area contributed by atoms with E-state index in [1.54, 1.807) is 0 Å². The van der Waals surface area contributed by atoms with Crippen molar-refractivity contribution in [1.82, 2.24) is 5.32 Å². The monoisotopic (exact) mass is 308 g/mol. The molecule has 1 aliphatic rings. The van der Waals surface area contributed by atoms with Gasteiger partial charge in [0.1, 0.15) is 0 Å². The zero-order valence-electron chi connectivity index (χ0n) is 10.6. The van der Waals surface area contributed by atoms with Gasteiger partial charge in [-0.15, -0.1) is 0 Å². The quantitative estimate of drug-likeness (QED) is 0.875. The van der Waals surface area contributed by atoms with Crippen molar-refractivity contribution in [3.8, 4) is 0 Å². The van der Waals surface area contributed by atoms with Crippen LogP contribution < -0.4 is 10.5 Å². The average molecular weight is 308 g/mol. The summed E-state index contributed by atoms with van der Waals surface area (Å²) in [6.07, 6.45) is -3.57. The van der Waals surface area contributed by atoms with Gasteiger partial charge in [-0.05, 0) is 43.5 Å².